The number of rotatable bonds is 8. The van der Waals surface area contributed by atoms with Gasteiger partial charge in [0, 0.05) is 32.0 Å². The van der Waals surface area contributed by atoms with E-state index >= 15 is 0 Å². The van der Waals surface area contributed by atoms with Crippen LogP contribution in [0, 0.1) is 11.7 Å². The number of amides is 1. The van der Waals surface area contributed by atoms with Gasteiger partial charge in [-0.1, -0.05) is 11.3 Å². The van der Waals surface area contributed by atoms with Crippen LogP contribution in [0.15, 0.2) is 65.8 Å². The Kier molecular flexibility index (Phi) is 7.22. The summed E-state index contributed by atoms with van der Waals surface area (Å²) in [5, 5.41) is 4.77. The zero-order valence-electron chi connectivity index (χ0n) is 20.2. The molecule has 0 saturated carbocycles. The first kappa shape index (κ1) is 25.3. The van der Waals surface area contributed by atoms with Gasteiger partial charge in [-0.05, 0) is 61.4 Å². The first-order chi connectivity index (χ1) is 17.8. The van der Waals surface area contributed by atoms with E-state index in [1.807, 2.05) is 30.5 Å². The molecule has 0 aliphatic carbocycles. The predicted molar refractivity (Wildman–Crippen MR) is 139 cm³/mol. The highest BCUT2D eigenvalue weighted by Gasteiger charge is 2.36. The van der Waals surface area contributed by atoms with Crippen molar-refractivity contribution in [3.63, 3.8) is 0 Å². The van der Waals surface area contributed by atoms with Crippen LogP contribution in [-0.4, -0.2) is 60.1 Å². The zero-order chi connectivity index (χ0) is 26.0. The van der Waals surface area contributed by atoms with E-state index in [2.05, 4.69) is 5.10 Å². The molecule has 1 unspecified atom stereocenters. The van der Waals surface area contributed by atoms with Crippen molar-refractivity contribution >= 4 is 42.6 Å². The number of fused-ring (bicyclic) bond motifs is 1. The van der Waals surface area contributed by atoms with Crippen LogP contribution in [0.3, 0.4) is 0 Å². The van der Waals surface area contributed by atoms with Crippen LogP contribution < -0.4 is 9.64 Å². The minimum absolute atomic E-state index is 0.0117. The van der Waals surface area contributed by atoms with Gasteiger partial charge in [0.2, 0.25) is 15.9 Å². The number of piperidine rings is 1. The second kappa shape index (κ2) is 10.6. The number of anilines is 1. The topological polar surface area (TPSA) is 97.6 Å². The lowest BCUT2D eigenvalue weighted by atomic mass is 9.98. The third-order valence-electron chi connectivity index (χ3n) is 6.38. The number of ether oxygens (including phenoxy) is 1. The lowest BCUT2D eigenvalue weighted by molar-refractivity contribution is -0.123. The Balaban J connectivity index is 1.41. The monoisotopic (exact) mass is 543 g/mol. The highest BCUT2D eigenvalue weighted by Crippen LogP contribution is 2.33. The van der Waals surface area contributed by atoms with Gasteiger partial charge < -0.3 is 4.74 Å². The summed E-state index contributed by atoms with van der Waals surface area (Å²) in [6, 6.07) is 12.1. The number of methoxy groups -OCH3 is 1. The molecule has 1 atom stereocenters. The van der Waals surface area contributed by atoms with Gasteiger partial charge in [0.15, 0.2) is 5.13 Å². The quantitative estimate of drug-likeness (QED) is 0.336. The van der Waals surface area contributed by atoms with E-state index < -0.39 is 21.8 Å². The Morgan fingerprint density at radius 2 is 2.05 bits per heavy atom. The molecule has 5 rings (SSSR count). The summed E-state index contributed by atoms with van der Waals surface area (Å²) in [4.78, 5) is 20.2. The summed E-state index contributed by atoms with van der Waals surface area (Å²) < 4.78 is 49.0. The fraction of sp³-hybridized carbons (Fsp3) is 0.320. The van der Waals surface area contributed by atoms with Gasteiger partial charge >= 0.3 is 0 Å². The van der Waals surface area contributed by atoms with Crippen LogP contribution in [0.4, 0.5) is 9.52 Å². The molecule has 1 aliphatic heterocycles. The van der Waals surface area contributed by atoms with Gasteiger partial charge in [-0.3, -0.25) is 14.4 Å². The standard InChI is InChI=1S/C25H26FN5O4S2/c1-35-20-7-10-22-23(16-20)36-25(28-22)31(15-14-29-12-3-11-27-29)24(32)18-4-2-13-30(17-18)37(33,34)21-8-5-19(26)6-9-21/h3,5-12,16,18H,2,4,13-15,17H2,1H3. The maximum atomic E-state index is 13.9. The summed E-state index contributed by atoms with van der Waals surface area (Å²) in [6.45, 7) is 1.15. The molecule has 3 heterocycles. The maximum Gasteiger partial charge on any atom is 0.243 e. The van der Waals surface area contributed by atoms with Crippen LogP contribution in [0.5, 0.6) is 5.75 Å². The van der Waals surface area contributed by atoms with Crippen molar-refractivity contribution in [3.05, 3.63) is 66.7 Å². The summed E-state index contributed by atoms with van der Waals surface area (Å²) in [5.41, 5.74) is 0.752. The lowest BCUT2D eigenvalue weighted by Crippen LogP contribution is -2.47. The molecule has 0 bridgehead atoms. The van der Waals surface area contributed by atoms with Crippen molar-refractivity contribution in [1.82, 2.24) is 19.1 Å². The largest absolute Gasteiger partial charge is 0.497 e. The SMILES string of the molecule is COc1ccc2nc(N(CCn3cccn3)C(=O)C3CCCN(S(=O)(=O)c4ccc(F)cc4)C3)sc2c1. The number of nitrogens with zero attached hydrogens (tertiary/aromatic N) is 5. The van der Waals surface area contributed by atoms with E-state index in [0.29, 0.717) is 43.4 Å². The van der Waals surface area contributed by atoms with Crippen LogP contribution in [0.1, 0.15) is 12.8 Å². The minimum atomic E-state index is -3.86. The molecule has 37 heavy (non-hydrogen) atoms. The predicted octanol–water partition coefficient (Wildman–Crippen LogP) is 3.77. The minimum Gasteiger partial charge on any atom is -0.497 e. The van der Waals surface area contributed by atoms with E-state index in [4.69, 9.17) is 9.72 Å². The fourth-order valence-corrected chi connectivity index (χ4v) is 6.96. The molecule has 0 spiro atoms. The molecule has 2 aromatic heterocycles. The van der Waals surface area contributed by atoms with E-state index in [9.17, 15) is 17.6 Å². The number of carbonyl (C=O) groups excluding carboxylic acids is 1. The highest BCUT2D eigenvalue weighted by molar-refractivity contribution is 7.89. The van der Waals surface area contributed by atoms with Crippen molar-refractivity contribution < 1.29 is 22.3 Å². The molecule has 194 valence electrons. The van der Waals surface area contributed by atoms with Gasteiger partial charge in [0.05, 0.1) is 34.7 Å². The Morgan fingerprint density at radius 3 is 2.78 bits per heavy atom. The van der Waals surface area contributed by atoms with Gasteiger partial charge in [0.1, 0.15) is 11.6 Å². The lowest BCUT2D eigenvalue weighted by Gasteiger charge is -2.33. The molecular formula is C25H26FN5O4S2. The van der Waals surface area contributed by atoms with E-state index in [1.54, 1.807) is 22.9 Å². The van der Waals surface area contributed by atoms with E-state index in [0.717, 1.165) is 22.3 Å². The van der Waals surface area contributed by atoms with Crippen LogP contribution in [-0.2, 0) is 21.4 Å². The summed E-state index contributed by atoms with van der Waals surface area (Å²) in [6.07, 6.45) is 4.60. The normalized spacial score (nSPS) is 16.6. The molecule has 4 aromatic rings. The van der Waals surface area contributed by atoms with Crippen molar-refractivity contribution in [2.45, 2.75) is 24.3 Å². The van der Waals surface area contributed by atoms with Gasteiger partial charge in [-0.25, -0.2) is 17.8 Å². The fourth-order valence-electron chi connectivity index (χ4n) is 4.41. The Morgan fingerprint density at radius 1 is 1.24 bits per heavy atom. The number of hydrogen-bond donors (Lipinski definition) is 0. The average Bonchev–Trinajstić information content (AvgIpc) is 3.58. The van der Waals surface area contributed by atoms with Gasteiger partial charge in [-0.2, -0.15) is 9.40 Å². The van der Waals surface area contributed by atoms with Crippen molar-refractivity contribution in [2.24, 2.45) is 5.92 Å². The van der Waals surface area contributed by atoms with Crippen LogP contribution in [0.2, 0.25) is 0 Å². The third kappa shape index (κ3) is 5.36. The summed E-state index contributed by atoms with van der Waals surface area (Å²) in [5.74, 6) is -0.529. The number of carbonyl (C=O) groups is 1. The summed E-state index contributed by atoms with van der Waals surface area (Å²) >= 11 is 1.39. The Hall–Kier alpha value is -3.35. The molecule has 0 radical (unpaired) electrons. The molecule has 1 amide bonds. The number of thiazole rings is 1. The zero-order valence-corrected chi connectivity index (χ0v) is 21.8. The molecule has 9 nitrogen and oxygen atoms in total. The second-order valence-corrected chi connectivity index (χ2v) is 11.7. The smallest absolute Gasteiger partial charge is 0.243 e. The average molecular weight is 544 g/mol. The number of aromatic nitrogens is 3. The van der Waals surface area contributed by atoms with E-state index in [-0.39, 0.29) is 17.3 Å². The number of hydrogen-bond acceptors (Lipinski definition) is 7. The van der Waals surface area contributed by atoms with E-state index in [1.165, 1.54) is 27.8 Å². The first-order valence-corrected chi connectivity index (χ1v) is 14.1. The molecule has 1 fully saturated rings. The van der Waals surface area contributed by atoms with Crippen molar-refractivity contribution in [2.75, 3.05) is 31.6 Å². The number of halogens is 1. The Bertz CT molecular complexity index is 1490. The molecule has 12 heteroatoms. The third-order valence-corrected chi connectivity index (χ3v) is 9.30. The molecule has 1 aliphatic rings. The van der Waals surface area contributed by atoms with Crippen LogP contribution in [0.25, 0.3) is 10.2 Å². The molecule has 0 N–H and O–H groups in total. The maximum absolute atomic E-state index is 13.9. The highest BCUT2D eigenvalue weighted by atomic mass is 32.2. The van der Waals surface area contributed by atoms with Crippen LogP contribution >= 0.6 is 11.3 Å². The van der Waals surface area contributed by atoms with Crippen molar-refractivity contribution in [1.29, 1.82) is 0 Å². The number of sulfonamides is 1. The van der Waals surface area contributed by atoms with Gasteiger partial charge in [-0.15, -0.1) is 0 Å². The summed E-state index contributed by atoms with van der Waals surface area (Å²) in [7, 11) is -2.26. The molecular weight excluding hydrogens is 517 g/mol. The molecule has 2 aromatic carbocycles. The Labute approximate surface area is 218 Å². The first-order valence-electron chi connectivity index (χ1n) is 11.8. The van der Waals surface area contributed by atoms with Gasteiger partial charge in [0.25, 0.3) is 0 Å². The number of benzene rings is 2. The molecule has 1 saturated heterocycles. The van der Waals surface area contributed by atoms with Crippen molar-refractivity contribution in [3.8, 4) is 5.75 Å². The second-order valence-electron chi connectivity index (χ2n) is 8.75.